The number of aromatic nitrogens is 1. The van der Waals surface area contributed by atoms with Crippen molar-refractivity contribution in [1.29, 1.82) is 0 Å². The highest BCUT2D eigenvalue weighted by Gasteiger charge is 2.18. The summed E-state index contributed by atoms with van der Waals surface area (Å²) in [4.78, 5) is 19.6. The van der Waals surface area contributed by atoms with Crippen LogP contribution in [0, 0.1) is 0 Å². The van der Waals surface area contributed by atoms with Crippen LogP contribution in [-0.4, -0.2) is 48.6 Å². The van der Waals surface area contributed by atoms with Crippen molar-refractivity contribution < 1.29 is 13.9 Å². The van der Waals surface area contributed by atoms with Gasteiger partial charge in [-0.25, -0.2) is 4.98 Å². The molecule has 1 saturated heterocycles. The van der Waals surface area contributed by atoms with E-state index in [1.165, 1.54) is 19.3 Å². The van der Waals surface area contributed by atoms with Crippen LogP contribution in [0.3, 0.4) is 0 Å². The van der Waals surface area contributed by atoms with Gasteiger partial charge in [-0.2, -0.15) is 0 Å². The molecule has 0 bridgehead atoms. The van der Waals surface area contributed by atoms with Crippen molar-refractivity contribution in [3.63, 3.8) is 0 Å². The summed E-state index contributed by atoms with van der Waals surface area (Å²) >= 11 is 0. The van der Waals surface area contributed by atoms with E-state index >= 15 is 0 Å². The number of nitrogens with one attached hydrogen (secondary N) is 1. The Kier molecular flexibility index (Phi) is 6.33. The number of rotatable bonds is 7. The second-order valence-corrected chi connectivity index (χ2v) is 7.95. The number of likely N-dealkylation sites (tertiary alicyclic amines) is 1. The Morgan fingerprint density at radius 1 is 1.23 bits per heavy atom. The number of oxazole rings is 1. The molecule has 1 unspecified atom stereocenters. The zero-order valence-electron chi connectivity index (χ0n) is 17.7. The van der Waals surface area contributed by atoms with E-state index < -0.39 is 0 Å². The number of carbonyl (C=O) groups excluding carboxylic acids is 1. The second kappa shape index (κ2) is 9.30. The highest BCUT2D eigenvalue weighted by atomic mass is 16.5. The molecule has 1 aliphatic heterocycles. The quantitative estimate of drug-likeness (QED) is 0.640. The molecule has 0 saturated carbocycles. The van der Waals surface area contributed by atoms with Crippen LogP contribution in [0.25, 0.3) is 11.1 Å². The monoisotopic (exact) mass is 407 g/mol. The molecule has 2 heterocycles. The summed E-state index contributed by atoms with van der Waals surface area (Å²) in [7, 11) is 1.65. The molecule has 1 aromatic heterocycles. The molecule has 6 heteroatoms. The molecule has 2 aromatic carbocycles. The number of nitrogens with zero attached hydrogens (tertiary/aromatic N) is 2. The minimum Gasteiger partial charge on any atom is -0.497 e. The number of benzene rings is 2. The van der Waals surface area contributed by atoms with Crippen molar-refractivity contribution >= 4 is 17.0 Å². The van der Waals surface area contributed by atoms with Crippen LogP contribution in [0.2, 0.25) is 0 Å². The lowest BCUT2D eigenvalue weighted by atomic mass is 10.0. The molecule has 6 nitrogen and oxygen atoms in total. The average molecular weight is 408 g/mol. The number of amides is 1. The largest absolute Gasteiger partial charge is 0.497 e. The Balaban J connectivity index is 1.37. The Hall–Kier alpha value is -2.86. The molecular formula is C24H29N3O3. The van der Waals surface area contributed by atoms with Crippen molar-refractivity contribution in [3.8, 4) is 5.75 Å². The summed E-state index contributed by atoms with van der Waals surface area (Å²) < 4.78 is 11.1. The predicted octanol–water partition coefficient (Wildman–Crippen LogP) is 4.03. The third-order valence-electron chi connectivity index (χ3n) is 5.83. The average Bonchev–Trinajstić information content (AvgIpc) is 3.17. The third kappa shape index (κ3) is 4.82. The van der Waals surface area contributed by atoms with Crippen LogP contribution in [-0.2, 0) is 6.42 Å². The number of carbonyl (C=O) groups is 1. The smallest absolute Gasteiger partial charge is 0.251 e. The van der Waals surface area contributed by atoms with Crippen molar-refractivity contribution in [2.75, 3.05) is 26.7 Å². The molecule has 0 radical (unpaired) electrons. The van der Waals surface area contributed by atoms with Crippen LogP contribution < -0.4 is 10.1 Å². The topological polar surface area (TPSA) is 67.6 Å². The molecule has 1 fully saturated rings. The molecule has 3 aromatic rings. The lowest BCUT2D eigenvalue weighted by Gasteiger charge is -2.33. The zero-order valence-corrected chi connectivity index (χ0v) is 17.7. The van der Waals surface area contributed by atoms with Crippen molar-refractivity contribution in [2.45, 2.75) is 38.6 Å². The van der Waals surface area contributed by atoms with Crippen LogP contribution in [0.5, 0.6) is 5.75 Å². The summed E-state index contributed by atoms with van der Waals surface area (Å²) in [5.74, 6) is 1.38. The van der Waals surface area contributed by atoms with Gasteiger partial charge in [-0.05, 0) is 62.2 Å². The van der Waals surface area contributed by atoms with E-state index in [0.29, 0.717) is 36.0 Å². The highest BCUT2D eigenvalue weighted by molar-refractivity contribution is 5.97. The number of fused-ring (bicyclic) bond motifs is 1. The maximum absolute atomic E-state index is 12.6. The first-order valence-electron chi connectivity index (χ1n) is 10.7. The van der Waals surface area contributed by atoms with Gasteiger partial charge in [0.2, 0.25) is 0 Å². The number of hydrogen-bond acceptors (Lipinski definition) is 5. The standard InChI is InChI=1S/C24H29N3O3/c1-17-5-3-4-13-27(17)14-12-25-24(28)19-8-11-21-22(16-19)30-23(26-21)15-18-6-9-20(29-2)10-7-18/h6-11,16-17H,3-5,12-15H2,1-2H3,(H,25,28). The Labute approximate surface area is 177 Å². The van der Waals surface area contributed by atoms with Crippen LogP contribution >= 0.6 is 0 Å². The van der Waals surface area contributed by atoms with Gasteiger partial charge < -0.3 is 14.5 Å². The minimum absolute atomic E-state index is 0.0744. The van der Waals surface area contributed by atoms with Gasteiger partial charge in [-0.15, -0.1) is 0 Å². The SMILES string of the molecule is COc1ccc(Cc2nc3ccc(C(=O)NCCN4CCCCC4C)cc3o2)cc1. The van der Waals surface area contributed by atoms with E-state index in [9.17, 15) is 4.79 Å². The van der Waals surface area contributed by atoms with E-state index in [1.807, 2.05) is 30.3 Å². The minimum atomic E-state index is -0.0744. The molecular weight excluding hydrogens is 378 g/mol. The molecule has 1 aliphatic rings. The highest BCUT2D eigenvalue weighted by Crippen LogP contribution is 2.21. The molecule has 0 spiro atoms. The fourth-order valence-corrected chi connectivity index (χ4v) is 4.01. The van der Waals surface area contributed by atoms with Gasteiger partial charge >= 0.3 is 0 Å². The Bertz CT molecular complexity index is 997. The molecule has 4 rings (SSSR count). The summed E-state index contributed by atoms with van der Waals surface area (Å²) in [6, 6.07) is 13.9. The first kappa shape index (κ1) is 20.4. The van der Waals surface area contributed by atoms with Gasteiger partial charge in [0.25, 0.3) is 5.91 Å². The van der Waals surface area contributed by atoms with Gasteiger partial charge in [-0.3, -0.25) is 9.69 Å². The second-order valence-electron chi connectivity index (χ2n) is 7.95. The number of methoxy groups -OCH3 is 1. The summed E-state index contributed by atoms with van der Waals surface area (Å²) in [6.07, 6.45) is 4.39. The Morgan fingerprint density at radius 2 is 2.07 bits per heavy atom. The van der Waals surface area contributed by atoms with Gasteiger partial charge in [0.15, 0.2) is 11.5 Å². The molecule has 1 amide bonds. The lowest BCUT2D eigenvalue weighted by Crippen LogP contribution is -2.42. The lowest BCUT2D eigenvalue weighted by molar-refractivity contribution is 0.0938. The van der Waals surface area contributed by atoms with Crippen LogP contribution in [0.4, 0.5) is 0 Å². The van der Waals surface area contributed by atoms with E-state index in [0.717, 1.165) is 29.9 Å². The van der Waals surface area contributed by atoms with Crippen LogP contribution in [0.15, 0.2) is 46.9 Å². The van der Waals surface area contributed by atoms with Crippen molar-refractivity contribution in [2.24, 2.45) is 0 Å². The number of hydrogen-bond donors (Lipinski definition) is 1. The van der Waals surface area contributed by atoms with E-state index in [4.69, 9.17) is 9.15 Å². The maximum atomic E-state index is 12.6. The van der Waals surface area contributed by atoms with Crippen molar-refractivity contribution in [1.82, 2.24) is 15.2 Å². The first-order valence-corrected chi connectivity index (χ1v) is 10.7. The summed E-state index contributed by atoms with van der Waals surface area (Å²) in [6.45, 7) is 4.93. The fraction of sp³-hybridized carbons (Fsp3) is 0.417. The molecule has 1 atom stereocenters. The number of ether oxygens (including phenoxy) is 1. The van der Waals surface area contributed by atoms with Gasteiger partial charge in [0.05, 0.1) is 7.11 Å². The van der Waals surface area contributed by atoms with Gasteiger partial charge in [0.1, 0.15) is 11.3 Å². The fourth-order valence-electron chi connectivity index (χ4n) is 4.01. The molecule has 30 heavy (non-hydrogen) atoms. The Morgan fingerprint density at radius 3 is 2.83 bits per heavy atom. The molecule has 158 valence electrons. The van der Waals surface area contributed by atoms with Crippen LogP contribution in [0.1, 0.15) is 48.0 Å². The molecule has 1 N–H and O–H groups in total. The molecule has 0 aliphatic carbocycles. The van der Waals surface area contributed by atoms with E-state index in [1.54, 1.807) is 19.2 Å². The van der Waals surface area contributed by atoms with E-state index in [2.05, 4.69) is 22.1 Å². The summed E-state index contributed by atoms with van der Waals surface area (Å²) in [5, 5.41) is 3.03. The van der Waals surface area contributed by atoms with Gasteiger partial charge in [-0.1, -0.05) is 18.6 Å². The first-order chi connectivity index (χ1) is 14.6. The zero-order chi connectivity index (χ0) is 20.9. The van der Waals surface area contributed by atoms with E-state index in [-0.39, 0.29) is 5.91 Å². The number of piperidine rings is 1. The van der Waals surface area contributed by atoms with Gasteiger partial charge in [0, 0.05) is 31.1 Å². The maximum Gasteiger partial charge on any atom is 0.251 e. The normalized spacial score (nSPS) is 17.2. The van der Waals surface area contributed by atoms with Crippen molar-refractivity contribution in [3.05, 3.63) is 59.5 Å². The summed E-state index contributed by atoms with van der Waals surface area (Å²) in [5.41, 5.74) is 3.08. The third-order valence-corrected chi connectivity index (χ3v) is 5.83. The predicted molar refractivity (Wildman–Crippen MR) is 117 cm³/mol.